The van der Waals surface area contributed by atoms with E-state index < -0.39 is 29.5 Å². The van der Waals surface area contributed by atoms with E-state index in [9.17, 15) is 27.9 Å². The molecule has 0 saturated heterocycles. The van der Waals surface area contributed by atoms with Crippen LogP contribution in [-0.4, -0.2) is 40.1 Å². The van der Waals surface area contributed by atoms with Crippen molar-refractivity contribution in [2.75, 3.05) is 6.54 Å². The lowest BCUT2D eigenvalue weighted by molar-refractivity contribution is -0.186. The lowest BCUT2D eigenvalue weighted by Gasteiger charge is -2.38. The van der Waals surface area contributed by atoms with Crippen molar-refractivity contribution in [2.24, 2.45) is 11.8 Å². The number of alkyl halides is 3. The first kappa shape index (κ1) is 17.8. The Morgan fingerprint density at radius 3 is 1.95 bits per heavy atom. The van der Waals surface area contributed by atoms with Crippen LogP contribution in [0.25, 0.3) is 0 Å². The van der Waals surface area contributed by atoms with Crippen LogP contribution in [0.5, 0.6) is 0 Å². The van der Waals surface area contributed by atoms with Crippen LogP contribution in [0.3, 0.4) is 0 Å². The van der Waals surface area contributed by atoms with E-state index in [-0.39, 0.29) is 38.1 Å². The zero-order valence-corrected chi connectivity index (χ0v) is 12.5. The standard InChI is InChI=1S/C14H22F3NO3/c1-4-18(13(2,3)12(20)21)11(19)9-5-7-10(8-6-9)14(15,16)17/h9-10H,4-8H2,1-3H3,(H,20,21). The summed E-state index contributed by atoms with van der Waals surface area (Å²) in [7, 11) is 0. The van der Waals surface area contributed by atoms with E-state index in [0.29, 0.717) is 0 Å². The summed E-state index contributed by atoms with van der Waals surface area (Å²) in [5, 5.41) is 9.20. The van der Waals surface area contributed by atoms with Crippen LogP contribution in [0.4, 0.5) is 13.2 Å². The second kappa shape index (κ2) is 6.23. The predicted molar refractivity (Wildman–Crippen MR) is 70.6 cm³/mol. The number of carboxylic acids is 1. The highest BCUT2D eigenvalue weighted by atomic mass is 19.4. The molecule has 7 heteroatoms. The Bertz CT molecular complexity index is 399. The average molecular weight is 309 g/mol. The molecule has 0 unspecified atom stereocenters. The van der Waals surface area contributed by atoms with Crippen LogP contribution in [0.15, 0.2) is 0 Å². The summed E-state index contributed by atoms with van der Waals surface area (Å²) in [5.41, 5.74) is -1.35. The monoisotopic (exact) mass is 309 g/mol. The van der Waals surface area contributed by atoms with Gasteiger partial charge in [-0.2, -0.15) is 13.2 Å². The summed E-state index contributed by atoms with van der Waals surface area (Å²) < 4.78 is 37.8. The highest BCUT2D eigenvalue weighted by Gasteiger charge is 2.45. The number of aliphatic carboxylic acids is 1. The number of carboxylic acid groups (broad SMARTS) is 1. The van der Waals surface area contributed by atoms with Crippen molar-refractivity contribution in [1.82, 2.24) is 4.90 Å². The van der Waals surface area contributed by atoms with Crippen LogP contribution < -0.4 is 0 Å². The Labute approximate surface area is 122 Å². The van der Waals surface area contributed by atoms with Gasteiger partial charge in [-0.1, -0.05) is 0 Å². The first-order valence-electron chi connectivity index (χ1n) is 7.13. The van der Waals surface area contributed by atoms with E-state index >= 15 is 0 Å². The number of hydrogen-bond donors (Lipinski definition) is 1. The molecule has 0 aromatic heterocycles. The van der Waals surface area contributed by atoms with Gasteiger partial charge in [-0.25, -0.2) is 4.79 Å². The average Bonchev–Trinajstić information content (AvgIpc) is 2.38. The van der Waals surface area contributed by atoms with E-state index in [1.54, 1.807) is 6.92 Å². The number of carbonyl (C=O) groups is 2. The SMILES string of the molecule is CCN(C(=O)C1CCC(C(F)(F)F)CC1)C(C)(C)C(=O)O. The highest BCUT2D eigenvalue weighted by molar-refractivity contribution is 5.87. The van der Waals surface area contributed by atoms with Gasteiger partial charge in [-0.15, -0.1) is 0 Å². The number of carbonyl (C=O) groups excluding carboxylic acids is 1. The Morgan fingerprint density at radius 1 is 1.14 bits per heavy atom. The Balaban J connectivity index is 2.74. The fraction of sp³-hybridized carbons (Fsp3) is 0.857. The van der Waals surface area contributed by atoms with Crippen LogP contribution >= 0.6 is 0 Å². The number of likely N-dealkylation sites (N-methyl/N-ethyl adjacent to an activating group) is 1. The maximum atomic E-state index is 12.6. The first-order valence-corrected chi connectivity index (χ1v) is 7.13. The molecule has 1 amide bonds. The molecule has 0 aromatic rings. The van der Waals surface area contributed by atoms with Gasteiger partial charge < -0.3 is 10.0 Å². The second-order valence-corrected chi connectivity index (χ2v) is 6.04. The molecule has 1 fully saturated rings. The number of rotatable bonds is 4. The van der Waals surface area contributed by atoms with Gasteiger partial charge in [0.1, 0.15) is 5.54 Å². The van der Waals surface area contributed by atoms with E-state index in [2.05, 4.69) is 0 Å². The van der Waals surface area contributed by atoms with Crippen molar-refractivity contribution in [2.45, 2.75) is 58.2 Å². The lowest BCUT2D eigenvalue weighted by Crippen LogP contribution is -2.55. The van der Waals surface area contributed by atoms with Gasteiger partial charge in [-0.3, -0.25) is 4.79 Å². The Morgan fingerprint density at radius 2 is 1.62 bits per heavy atom. The largest absolute Gasteiger partial charge is 0.480 e. The van der Waals surface area contributed by atoms with Crippen molar-refractivity contribution >= 4 is 11.9 Å². The molecule has 122 valence electrons. The van der Waals surface area contributed by atoms with Gasteiger partial charge in [0.15, 0.2) is 0 Å². The molecule has 1 saturated carbocycles. The number of halogens is 3. The summed E-state index contributed by atoms with van der Waals surface area (Å²) >= 11 is 0. The molecule has 1 rings (SSSR count). The molecule has 1 aliphatic carbocycles. The quantitative estimate of drug-likeness (QED) is 0.868. The molecule has 0 aliphatic heterocycles. The normalized spacial score (nSPS) is 23.7. The molecule has 1 aliphatic rings. The molecule has 0 aromatic carbocycles. The number of nitrogens with zero attached hydrogens (tertiary/aromatic N) is 1. The number of hydrogen-bond acceptors (Lipinski definition) is 2. The van der Waals surface area contributed by atoms with E-state index in [1.807, 2.05) is 0 Å². The van der Waals surface area contributed by atoms with E-state index in [4.69, 9.17) is 0 Å². The van der Waals surface area contributed by atoms with Crippen molar-refractivity contribution in [3.8, 4) is 0 Å². The van der Waals surface area contributed by atoms with Crippen LogP contribution in [0, 0.1) is 11.8 Å². The molecular weight excluding hydrogens is 287 g/mol. The third-order valence-corrected chi connectivity index (χ3v) is 4.32. The molecule has 1 N–H and O–H groups in total. The minimum atomic E-state index is -4.21. The predicted octanol–water partition coefficient (Wildman–Crippen LogP) is 3.07. The smallest absolute Gasteiger partial charge is 0.391 e. The van der Waals surface area contributed by atoms with Crippen molar-refractivity contribution in [1.29, 1.82) is 0 Å². The summed E-state index contributed by atoms with van der Waals surface area (Å²) in [4.78, 5) is 24.9. The topological polar surface area (TPSA) is 57.6 Å². The minimum absolute atomic E-state index is 0.0645. The molecule has 0 spiro atoms. The van der Waals surface area contributed by atoms with Gasteiger partial charge >= 0.3 is 12.1 Å². The number of amides is 1. The van der Waals surface area contributed by atoms with Gasteiger partial charge in [0, 0.05) is 12.5 Å². The third kappa shape index (κ3) is 3.89. The Hall–Kier alpha value is -1.27. The van der Waals surface area contributed by atoms with Crippen LogP contribution in [0.2, 0.25) is 0 Å². The van der Waals surface area contributed by atoms with Crippen LogP contribution in [-0.2, 0) is 9.59 Å². The van der Waals surface area contributed by atoms with E-state index in [1.165, 1.54) is 18.7 Å². The van der Waals surface area contributed by atoms with Crippen molar-refractivity contribution < 1.29 is 27.9 Å². The fourth-order valence-electron chi connectivity index (χ4n) is 2.83. The molecule has 21 heavy (non-hydrogen) atoms. The molecule has 0 atom stereocenters. The third-order valence-electron chi connectivity index (χ3n) is 4.32. The maximum Gasteiger partial charge on any atom is 0.391 e. The summed E-state index contributed by atoms with van der Waals surface area (Å²) in [5.74, 6) is -3.33. The minimum Gasteiger partial charge on any atom is -0.480 e. The molecule has 0 radical (unpaired) electrons. The highest BCUT2D eigenvalue weighted by Crippen LogP contribution is 2.40. The molecule has 0 bridgehead atoms. The van der Waals surface area contributed by atoms with Crippen LogP contribution in [0.1, 0.15) is 46.5 Å². The zero-order chi connectivity index (χ0) is 16.4. The van der Waals surface area contributed by atoms with Crippen molar-refractivity contribution in [3.05, 3.63) is 0 Å². The van der Waals surface area contributed by atoms with Gasteiger partial charge in [0.05, 0.1) is 5.92 Å². The lowest BCUT2D eigenvalue weighted by atomic mass is 9.80. The zero-order valence-electron chi connectivity index (χ0n) is 12.5. The summed E-state index contributed by atoms with van der Waals surface area (Å²) in [6.45, 7) is 4.75. The summed E-state index contributed by atoms with van der Waals surface area (Å²) in [6, 6.07) is 0. The van der Waals surface area contributed by atoms with Crippen molar-refractivity contribution in [3.63, 3.8) is 0 Å². The Kier molecular flexibility index (Phi) is 5.28. The fourth-order valence-corrected chi connectivity index (χ4v) is 2.83. The van der Waals surface area contributed by atoms with Gasteiger partial charge in [-0.05, 0) is 46.5 Å². The van der Waals surface area contributed by atoms with Gasteiger partial charge in [0.2, 0.25) is 5.91 Å². The van der Waals surface area contributed by atoms with E-state index in [0.717, 1.165) is 0 Å². The first-order chi connectivity index (χ1) is 9.51. The molecular formula is C14H22F3NO3. The molecule has 4 nitrogen and oxygen atoms in total. The molecule has 0 heterocycles. The summed E-state index contributed by atoms with van der Waals surface area (Å²) in [6.07, 6.45) is -4.01. The second-order valence-electron chi connectivity index (χ2n) is 6.04. The van der Waals surface area contributed by atoms with Gasteiger partial charge in [0.25, 0.3) is 0 Å². The maximum absolute atomic E-state index is 12.6.